The first kappa shape index (κ1) is 13.9. The van der Waals surface area contributed by atoms with Gasteiger partial charge >= 0.3 is 0 Å². The van der Waals surface area contributed by atoms with Crippen LogP contribution in [0.15, 0.2) is 48.5 Å². The molecule has 0 spiro atoms. The Bertz CT molecular complexity index is 478. The summed E-state index contributed by atoms with van der Waals surface area (Å²) in [6.45, 7) is 6.30. The number of hydrogen-bond acceptors (Lipinski definition) is 0. The predicted octanol–water partition coefficient (Wildman–Crippen LogP) is 5.35. The first-order valence-electron chi connectivity index (χ1n) is 7.55. The highest BCUT2D eigenvalue weighted by Crippen LogP contribution is 2.35. The highest BCUT2D eigenvalue weighted by molar-refractivity contribution is 5.44. The van der Waals surface area contributed by atoms with Crippen LogP contribution in [0.2, 0.25) is 0 Å². The molecule has 1 aliphatic rings. The molecule has 0 aromatic heterocycles. The Morgan fingerprint density at radius 3 is 1.63 bits per heavy atom. The van der Waals surface area contributed by atoms with Crippen LogP contribution in [0.4, 0.5) is 0 Å². The van der Waals surface area contributed by atoms with Gasteiger partial charge in [0.1, 0.15) is 0 Å². The van der Waals surface area contributed by atoms with Crippen molar-refractivity contribution in [1.82, 2.24) is 0 Å². The SMILES string of the molecule is CC.CCC1c2ccccc2CCc2ccccc21. The Balaban J connectivity index is 0.000000637. The lowest BCUT2D eigenvalue weighted by molar-refractivity contribution is 0.772. The molecule has 0 bridgehead atoms. The van der Waals surface area contributed by atoms with Crippen LogP contribution in [0.3, 0.4) is 0 Å². The topological polar surface area (TPSA) is 0 Å². The van der Waals surface area contributed by atoms with E-state index in [4.69, 9.17) is 0 Å². The van der Waals surface area contributed by atoms with Crippen LogP contribution in [-0.2, 0) is 12.8 Å². The van der Waals surface area contributed by atoms with E-state index in [1.165, 1.54) is 30.4 Å². The van der Waals surface area contributed by atoms with Gasteiger partial charge in [-0.05, 0) is 41.5 Å². The lowest BCUT2D eigenvalue weighted by Gasteiger charge is -2.18. The molecule has 0 saturated carbocycles. The third-order valence-corrected chi connectivity index (χ3v) is 3.93. The number of benzene rings is 2. The van der Waals surface area contributed by atoms with Gasteiger partial charge in [-0.3, -0.25) is 0 Å². The fourth-order valence-corrected chi connectivity index (χ4v) is 3.08. The molecule has 0 radical (unpaired) electrons. The van der Waals surface area contributed by atoms with Gasteiger partial charge in [0.25, 0.3) is 0 Å². The van der Waals surface area contributed by atoms with Crippen molar-refractivity contribution in [3.8, 4) is 0 Å². The van der Waals surface area contributed by atoms with Crippen LogP contribution in [0.25, 0.3) is 0 Å². The second-order valence-electron chi connectivity index (χ2n) is 4.86. The number of aryl methyl sites for hydroxylation is 2. The normalized spacial score (nSPS) is 13.6. The Kier molecular flexibility index (Phi) is 4.79. The molecule has 0 fully saturated rings. The zero-order chi connectivity index (χ0) is 13.7. The lowest BCUT2D eigenvalue weighted by atomic mass is 9.86. The minimum Gasteiger partial charge on any atom is -0.0683 e. The third kappa shape index (κ3) is 2.73. The molecular formula is C19H24. The molecule has 100 valence electrons. The summed E-state index contributed by atoms with van der Waals surface area (Å²) in [4.78, 5) is 0. The average molecular weight is 252 g/mol. The summed E-state index contributed by atoms with van der Waals surface area (Å²) in [5.74, 6) is 0.588. The Hall–Kier alpha value is -1.56. The van der Waals surface area contributed by atoms with Crippen molar-refractivity contribution >= 4 is 0 Å². The second-order valence-corrected chi connectivity index (χ2v) is 4.86. The fraction of sp³-hybridized carbons (Fsp3) is 0.368. The van der Waals surface area contributed by atoms with E-state index in [2.05, 4.69) is 55.5 Å². The summed E-state index contributed by atoms with van der Waals surface area (Å²) < 4.78 is 0. The minimum absolute atomic E-state index is 0.588. The smallest absolute Gasteiger partial charge is 0.00921 e. The quantitative estimate of drug-likeness (QED) is 0.641. The Morgan fingerprint density at radius 2 is 1.21 bits per heavy atom. The zero-order valence-corrected chi connectivity index (χ0v) is 12.3. The standard InChI is InChI=1S/C17H18.C2H6/c1-2-15-16-9-5-3-7-13(16)11-12-14-8-4-6-10-17(14)15;1-2/h3-10,15H,2,11-12H2,1H3;1-2H3. The molecule has 0 saturated heterocycles. The molecule has 0 aliphatic heterocycles. The van der Waals surface area contributed by atoms with Gasteiger partial charge in [-0.25, -0.2) is 0 Å². The molecule has 2 aromatic carbocycles. The third-order valence-electron chi connectivity index (χ3n) is 3.93. The lowest BCUT2D eigenvalue weighted by Crippen LogP contribution is -2.02. The summed E-state index contributed by atoms with van der Waals surface area (Å²) in [5.41, 5.74) is 6.16. The van der Waals surface area contributed by atoms with Crippen LogP contribution in [0.1, 0.15) is 55.4 Å². The van der Waals surface area contributed by atoms with Crippen molar-refractivity contribution in [3.05, 3.63) is 70.8 Å². The van der Waals surface area contributed by atoms with E-state index < -0.39 is 0 Å². The maximum atomic E-state index is 2.31. The van der Waals surface area contributed by atoms with Crippen molar-refractivity contribution in [3.63, 3.8) is 0 Å². The van der Waals surface area contributed by atoms with Crippen molar-refractivity contribution in [1.29, 1.82) is 0 Å². The predicted molar refractivity (Wildman–Crippen MR) is 83.8 cm³/mol. The van der Waals surface area contributed by atoms with Crippen molar-refractivity contribution in [2.24, 2.45) is 0 Å². The molecule has 0 nitrogen and oxygen atoms in total. The van der Waals surface area contributed by atoms with Gasteiger partial charge in [0.05, 0.1) is 0 Å². The molecule has 19 heavy (non-hydrogen) atoms. The molecule has 0 N–H and O–H groups in total. The van der Waals surface area contributed by atoms with E-state index in [1.54, 1.807) is 11.1 Å². The fourth-order valence-electron chi connectivity index (χ4n) is 3.08. The maximum Gasteiger partial charge on any atom is 0.00921 e. The van der Waals surface area contributed by atoms with Gasteiger partial charge in [0.2, 0.25) is 0 Å². The van der Waals surface area contributed by atoms with Crippen LogP contribution in [0.5, 0.6) is 0 Å². The van der Waals surface area contributed by atoms with E-state index >= 15 is 0 Å². The summed E-state index contributed by atoms with van der Waals surface area (Å²) in [5, 5.41) is 0. The molecular weight excluding hydrogens is 228 g/mol. The van der Waals surface area contributed by atoms with Gasteiger partial charge in [0.15, 0.2) is 0 Å². The molecule has 2 aromatic rings. The van der Waals surface area contributed by atoms with Gasteiger partial charge in [-0.2, -0.15) is 0 Å². The molecule has 0 heteroatoms. The van der Waals surface area contributed by atoms with E-state index in [9.17, 15) is 0 Å². The van der Waals surface area contributed by atoms with Gasteiger partial charge in [-0.15, -0.1) is 0 Å². The van der Waals surface area contributed by atoms with E-state index in [0.717, 1.165) is 0 Å². The molecule has 0 unspecified atom stereocenters. The molecule has 0 heterocycles. The number of fused-ring (bicyclic) bond motifs is 2. The van der Waals surface area contributed by atoms with Crippen molar-refractivity contribution in [2.45, 2.75) is 46.0 Å². The number of rotatable bonds is 1. The van der Waals surface area contributed by atoms with E-state index in [1.807, 2.05) is 13.8 Å². The van der Waals surface area contributed by atoms with E-state index in [-0.39, 0.29) is 0 Å². The van der Waals surface area contributed by atoms with Crippen molar-refractivity contribution < 1.29 is 0 Å². The van der Waals surface area contributed by atoms with Crippen molar-refractivity contribution in [2.75, 3.05) is 0 Å². The molecule has 1 aliphatic carbocycles. The molecule has 0 atom stereocenters. The Labute approximate surface area is 117 Å². The van der Waals surface area contributed by atoms with Gasteiger partial charge < -0.3 is 0 Å². The summed E-state index contributed by atoms with van der Waals surface area (Å²) >= 11 is 0. The summed E-state index contributed by atoms with van der Waals surface area (Å²) in [7, 11) is 0. The average Bonchev–Trinajstić information content (AvgIpc) is 2.66. The van der Waals surface area contributed by atoms with E-state index in [0.29, 0.717) is 5.92 Å². The molecule has 3 rings (SSSR count). The van der Waals surface area contributed by atoms with Crippen LogP contribution in [-0.4, -0.2) is 0 Å². The maximum absolute atomic E-state index is 2.31. The van der Waals surface area contributed by atoms with Gasteiger partial charge in [-0.1, -0.05) is 69.3 Å². The largest absolute Gasteiger partial charge is 0.0683 e. The zero-order valence-electron chi connectivity index (χ0n) is 12.3. The monoisotopic (exact) mass is 252 g/mol. The number of hydrogen-bond donors (Lipinski definition) is 0. The van der Waals surface area contributed by atoms with Crippen LogP contribution < -0.4 is 0 Å². The minimum atomic E-state index is 0.588. The van der Waals surface area contributed by atoms with Crippen LogP contribution in [0, 0.1) is 0 Å². The first-order valence-corrected chi connectivity index (χ1v) is 7.55. The highest BCUT2D eigenvalue weighted by Gasteiger charge is 2.21. The molecule has 0 amide bonds. The Morgan fingerprint density at radius 1 is 0.789 bits per heavy atom. The highest BCUT2D eigenvalue weighted by atomic mass is 14.2. The summed E-state index contributed by atoms with van der Waals surface area (Å²) in [6.07, 6.45) is 3.56. The second kappa shape index (κ2) is 6.56. The van der Waals surface area contributed by atoms with Crippen LogP contribution >= 0.6 is 0 Å². The summed E-state index contributed by atoms with van der Waals surface area (Å²) in [6, 6.07) is 17.9. The van der Waals surface area contributed by atoms with Gasteiger partial charge in [0, 0.05) is 5.92 Å². The first-order chi connectivity index (χ1) is 9.40.